The number of hydrogen-bond donors (Lipinski definition) is 2. The van der Waals surface area contributed by atoms with E-state index in [0.29, 0.717) is 29.1 Å². The van der Waals surface area contributed by atoms with Gasteiger partial charge in [0.05, 0.1) is 0 Å². The van der Waals surface area contributed by atoms with Crippen molar-refractivity contribution in [3.05, 3.63) is 17.0 Å². The van der Waals surface area contributed by atoms with E-state index < -0.39 is 10.0 Å². The van der Waals surface area contributed by atoms with Gasteiger partial charge in [-0.3, -0.25) is 0 Å². The maximum atomic E-state index is 12.0. The molecule has 1 aliphatic rings. The molecular formula is C11H18N2O2S2. The molecule has 2 rings (SSSR count). The Bertz CT molecular complexity index is 481. The third kappa shape index (κ3) is 3.28. The van der Waals surface area contributed by atoms with Gasteiger partial charge in [0.1, 0.15) is 4.21 Å². The van der Waals surface area contributed by atoms with Crippen molar-refractivity contribution in [3.8, 4) is 0 Å². The molecule has 0 saturated heterocycles. The second-order valence-electron chi connectivity index (χ2n) is 4.58. The summed E-state index contributed by atoms with van der Waals surface area (Å²) in [6, 6.07) is 3.53. The Morgan fingerprint density at radius 2 is 2.18 bits per heavy atom. The van der Waals surface area contributed by atoms with Crippen LogP contribution in [-0.4, -0.2) is 22.0 Å². The number of nitrogens with one attached hydrogen (secondary N) is 2. The predicted octanol–water partition coefficient (Wildman–Crippen LogP) is 1.40. The van der Waals surface area contributed by atoms with Crippen LogP contribution in [0.1, 0.15) is 18.2 Å². The lowest BCUT2D eigenvalue weighted by Crippen LogP contribution is -2.25. The van der Waals surface area contributed by atoms with Gasteiger partial charge in [-0.15, -0.1) is 11.3 Å². The fourth-order valence-corrected chi connectivity index (χ4v) is 4.25. The molecule has 1 heterocycles. The highest BCUT2D eigenvalue weighted by atomic mass is 32.2. The Balaban J connectivity index is 1.98. The number of hydrogen-bond acceptors (Lipinski definition) is 4. The number of sulfonamides is 1. The maximum Gasteiger partial charge on any atom is 0.250 e. The van der Waals surface area contributed by atoms with Crippen LogP contribution in [0.15, 0.2) is 16.3 Å². The second kappa shape index (κ2) is 5.06. The lowest BCUT2D eigenvalue weighted by molar-refractivity contribution is 0.576. The summed E-state index contributed by atoms with van der Waals surface area (Å²) in [5.74, 6) is 1.20. The number of thiophene rings is 1. The molecule has 1 saturated carbocycles. The summed E-state index contributed by atoms with van der Waals surface area (Å²) in [4.78, 5) is 1.03. The highest BCUT2D eigenvalue weighted by Gasteiger charge is 2.33. The third-order valence-electron chi connectivity index (χ3n) is 3.06. The molecule has 6 heteroatoms. The average molecular weight is 274 g/mol. The molecule has 1 fully saturated rings. The van der Waals surface area contributed by atoms with E-state index >= 15 is 0 Å². The van der Waals surface area contributed by atoms with E-state index in [9.17, 15) is 8.42 Å². The minimum absolute atomic E-state index is 0.413. The normalized spacial score (nSPS) is 23.9. The summed E-state index contributed by atoms with van der Waals surface area (Å²) < 4.78 is 27.0. The Labute approximate surface area is 106 Å². The van der Waals surface area contributed by atoms with Gasteiger partial charge in [0.2, 0.25) is 10.0 Å². The summed E-state index contributed by atoms with van der Waals surface area (Å²) in [7, 11) is -1.45. The zero-order valence-corrected chi connectivity index (χ0v) is 11.7. The molecule has 17 heavy (non-hydrogen) atoms. The van der Waals surface area contributed by atoms with Crippen LogP contribution >= 0.6 is 11.3 Å². The first-order valence-corrected chi connectivity index (χ1v) is 8.06. The van der Waals surface area contributed by atoms with Crippen LogP contribution in [-0.2, 0) is 16.6 Å². The highest BCUT2D eigenvalue weighted by molar-refractivity contribution is 7.91. The first kappa shape index (κ1) is 13.0. The average Bonchev–Trinajstić information content (AvgIpc) is 2.77. The topological polar surface area (TPSA) is 58.2 Å². The molecule has 2 unspecified atom stereocenters. The van der Waals surface area contributed by atoms with Gasteiger partial charge in [-0.25, -0.2) is 13.1 Å². The minimum Gasteiger partial charge on any atom is -0.315 e. The van der Waals surface area contributed by atoms with Gasteiger partial charge in [-0.05, 0) is 37.4 Å². The molecule has 0 bridgehead atoms. The molecule has 2 atom stereocenters. The summed E-state index contributed by atoms with van der Waals surface area (Å²) >= 11 is 1.32. The quantitative estimate of drug-likeness (QED) is 0.824. The Morgan fingerprint density at radius 1 is 1.47 bits per heavy atom. The molecule has 1 aromatic rings. The van der Waals surface area contributed by atoms with Gasteiger partial charge >= 0.3 is 0 Å². The largest absolute Gasteiger partial charge is 0.315 e. The Kier molecular flexibility index (Phi) is 3.87. The lowest BCUT2D eigenvalue weighted by atomic mass is 10.3. The van der Waals surface area contributed by atoms with Crippen LogP contribution in [0.2, 0.25) is 0 Å². The van der Waals surface area contributed by atoms with E-state index in [-0.39, 0.29) is 0 Å². The number of rotatable bonds is 6. The van der Waals surface area contributed by atoms with Crippen molar-refractivity contribution >= 4 is 21.4 Å². The van der Waals surface area contributed by atoms with Gasteiger partial charge in [0.15, 0.2) is 0 Å². The van der Waals surface area contributed by atoms with Crippen molar-refractivity contribution in [1.82, 2.24) is 10.0 Å². The molecule has 1 aromatic heterocycles. The van der Waals surface area contributed by atoms with Gasteiger partial charge < -0.3 is 5.32 Å². The molecule has 96 valence electrons. The molecule has 4 nitrogen and oxygen atoms in total. The molecule has 0 aliphatic heterocycles. The molecular weight excluding hydrogens is 256 g/mol. The summed E-state index contributed by atoms with van der Waals surface area (Å²) in [5, 5.41) is 3.01. The van der Waals surface area contributed by atoms with E-state index in [1.165, 1.54) is 11.3 Å². The molecule has 1 aliphatic carbocycles. The van der Waals surface area contributed by atoms with Crippen molar-refractivity contribution in [3.63, 3.8) is 0 Å². The SMILES string of the molecule is CNCc1ccc(S(=O)(=O)NCC2CC2C)s1. The predicted molar refractivity (Wildman–Crippen MR) is 69.5 cm³/mol. The van der Waals surface area contributed by atoms with Gasteiger partial charge in [0.25, 0.3) is 0 Å². The fraction of sp³-hybridized carbons (Fsp3) is 0.636. The standard InChI is InChI=1S/C11H18N2O2S2/c1-8-5-9(8)6-13-17(14,15)11-4-3-10(16-11)7-12-2/h3-4,8-9,12-13H,5-7H2,1-2H3. The lowest BCUT2D eigenvalue weighted by Gasteiger charge is -2.03. The highest BCUT2D eigenvalue weighted by Crippen LogP contribution is 2.37. The van der Waals surface area contributed by atoms with Crippen LogP contribution in [0.5, 0.6) is 0 Å². The molecule has 0 amide bonds. The molecule has 0 aromatic carbocycles. The van der Waals surface area contributed by atoms with E-state index in [0.717, 1.165) is 11.3 Å². The third-order valence-corrected chi connectivity index (χ3v) is 6.07. The second-order valence-corrected chi connectivity index (χ2v) is 7.74. The van der Waals surface area contributed by atoms with Crippen LogP contribution in [0.4, 0.5) is 0 Å². The van der Waals surface area contributed by atoms with E-state index in [1.807, 2.05) is 13.1 Å². The van der Waals surface area contributed by atoms with E-state index in [1.54, 1.807) is 6.07 Å². The Morgan fingerprint density at radius 3 is 2.76 bits per heavy atom. The summed E-state index contributed by atoms with van der Waals surface area (Å²) in [5.41, 5.74) is 0. The van der Waals surface area contributed by atoms with Crippen molar-refractivity contribution in [2.75, 3.05) is 13.6 Å². The first-order valence-electron chi connectivity index (χ1n) is 5.76. The maximum absolute atomic E-state index is 12.0. The fourth-order valence-electron chi connectivity index (χ4n) is 1.74. The zero-order chi connectivity index (χ0) is 12.5. The first-order chi connectivity index (χ1) is 8.03. The Hall–Kier alpha value is -0.430. The smallest absolute Gasteiger partial charge is 0.250 e. The zero-order valence-electron chi connectivity index (χ0n) is 10.1. The summed E-state index contributed by atoms with van der Waals surface area (Å²) in [6.45, 7) is 3.43. The summed E-state index contributed by atoms with van der Waals surface area (Å²) in [6.07, 6.45) is 1.14. The van der Waals surface area contributed by atoms with Crippen LogP contribution in [0.3, 0.4) is 0 Å². The van der Waals surface area contributed by atoms with Crippen LogP contribution < -0.4 is 10.0 Å². The van der Waals surface area contributed by atoms with E-state index in [4.69, 9.17) is 0 Å². The molecule has 0 spiro atoms. The van der Waals surface area contributed by atoms with Gasteiger partial charge in [0, 0.05) is 18.0 Å². The van der Waals surface area contributed by atoms with Crippen LogP contribution in [0, 0.1) is 11.8 Å². The van der Waals surface area contributed by atoms with Crippen molar-refractivity contribution < 1.29 is 8.42 Å². The molecule has 2 N–H and O–H groups in total. The van der Waals surface area contributed by atoms with E-state index in [2.05, 4.69) is 17.0 Å². The van der Waals surface area contributed by atoms with Crippen molar-refractivity contribution in [1.29, 1.82) is 0 Å². The minimum atomic E-state index is -3.30. The van der Waals surface area contributed by atoms with Gasteiger partial charge in [-0.2, -0.15) is 0 Å². The van der Waals surface area contributed by atoms with Crippen molar-refractivity contribution in [2.24, 2.45) is 11.8 Å². The van der Waals surface area contributed by atoms with Crippen LogP contribution in [0.25, 0.3) is 0 Å². The van der Waals surface area contributed by atoms with Gasteiger partial charge in [-0.1, -0.05) is 6.92 Å². The van der Waals surface area contributed by atoms with Crippen molar-refractivity contribution in [2.45, 2.75) is 24.1 Å². The molecule has 0 radical (unpaired) electrons. The monoisotopic (exact) mass is 274 g/mol.